The highest BCUT2D eigenvalue weighted by Crippen LogP contribution is 2.36. The van der Waals surface area contributed by atoms with Crippen molar-refractivity contribution in [1.82, 2.24) is 0 Å². The normalized spacial score (nSPS) is 52.8. The van der Waals surface area contributed by atoms with Gasteiger partial charge in [-0.3, -0.25) is 0 Å². The fourth-order valence-electron chi connectivity index (χ4n) is 1.85. The number of hydroxylamine groups is 3. The van der Waals surface area contributed by atoms with Gasteiger partial charge in [0, 0.05) is 0 Å². The van der Waals surface area contributed by atoms with Gasteiger partial charge in [0.05, 0.1) is 20.3 Å². The molecular formula is C7H13NO4. The number of quaternary nitrogens is 1. The second-order valence-electron chi connectivity index (χ2n) is 3.76. The molecule has 0 amide bonds. The van der Waals surface area contributed by atoms with Crippen LogP contribution in [0, 0.1) is 5.21 Å². The molecule has 0 bridgehead atoms. The van der Waals surface area contributed by atoms with E-state index in [4.69, 9.17) is 14.6 Å². The average molecular weight is 175 g/mol. The number of likely N-dealkylation sites (tertiary alicyclic amines) is 1. The van der Waals surface area contributed by atoms with Gasteiger partial charge >= 0.3 is 0 Å². The molecule has 1 N–H and O–H groups in total. The SMILES string of the molecule is C[N+]1([O-])CC2(C1)OCC(CO)O2. The van der Waals surface area contributed by atoms with E-state index in [0.717, 1.165) is 0 Å². The Hall–Kier alpha value is -0.200. The zero-order chi connectivity index (χ0) is 8.82. The Morgan fingerprint density at radius 1 is 1.67 bits per heavy atom. The van der Waals surface area contributed by atoms with E-state index < -0.39 is 5.79 Å². The lowest BCUT2D eigenvalue weighted by molar-refractivity contribution is -0.932. The van der Waals surface area contributed by atoms with E-state index in [0.29, 0.717) is 19.7 Å². The van der Waals surface area contributed by atoms with Gasteiger partial charge in [-0.2, -0.15) is 0 Å². The summed E-state index contributed by atoms with van der Waals surface area (Å²) in [6.07, 6.45) is -0.245. The maximum Gasteiger partial charge on any atom is 0.270 e. The first-order valence-corrected chi connectivity index (χ1v) is 4.03. The van der Waals surface area contributed by atoms with Gasteiger partial charge in [-0.25, -0.2) is 0 Å². The number of aliphatic hydroxyl groups is 1. The molecule has 70 valence electrons. The van der Waals surface area contributed by atoms with Crippen LogP contribution in [0.2, 0.25) is 0 Å². The number of rotatable bonds is 1. The van der Waals surface area contributed by atoms with Crippen molar-refractivity contribution in [3.05, 3.63) is 5.21 Å². The largest absolute Gasteiger partial charge is 0.633 e. The second-order valence-corrected chi connectivity index (χ2v) is 3.76. The van der Waals surface area contributed by atoms with Crippen molar-refractivity contribution < 1.29 is 19.2 Å². The minimum Gasteiger partial charge on any atom is -0.633 e. The molecule has 1 atom stereocenters. The smallest absolute Gasteiger partial charge is 0.270 e. The number of hydrogen-bond acceptors (Lipinski definition) is 4. The standard InChI is InChI=1S/C7H13NO4/c1-8(10)4-7(5-8)11-3-6(2-9)12-7/h6,9H,2-5H2,1H3. The molecule has 2 aliphatic heterocycles. The fraction of sp³-hybridized carbons (Fsp3) is 1.00. The first kappa shape index (κ1) is 8.40. The van der Waals surface area contributed by atoms with Crippen molar-refractivity contribution in [3.8, 4) is 0 Å². The van der Waals surface area contributed by atoms with Gasteiger partial charge in [0.25, 0.3) is 5.79 Å². The Labute approximate surface area is 70.7 Å². The molecule has 1 spiro atoms. The third-order valence-corrected chi connectivity index (χ3v) is 2.27. The fourth-order valence-corrected chi connectivity index (χ4v) is 1.85. The van der Waals surface area contributed by atoms with Crippen LogP contribution in [0.4, 0.5) is 0 Å². The summed E-state index contributed by atoms with van der Waals surface area (Å²) >= 11 is 0. The number of aliphatic hydroxyl groups excluding tert-OH is 1. The first-order chi connectivity index (χ1) is 5.55. The molecule has 0 radical (unpaired) electrons. The van der Waals surface area contributed by atoms with Gasteiger partial charge in [-0.1, -0.05) is 0 Å². The van der Waals surface area contributed by atoms with Crippen molar-refractivity contribution in [3.63, 3.8) is 0 Å². The predicted octanol–water partition coefficient (Wildman–Crippen LogP) is -0.952. The average Bonchev–Trinajstić information content (AvgIpc) is 2.29. The topological polar surface area (TPSA) is 61.8 Å². The summed E-state index contributed by atoms with van der Waals surface area (Å²) in [6.45, 7) is 1.04. The van der Waals surface area contributed by atoms with E-state index in [-0.39, 0.29) is 17.4 Å². The molecule has 12 heavy (non-hydrogen) atoms. The second kappa shape index (κ2) is 2.40. The lowest BCUT2D eigenvalue weighted by atomic mass is 10.1. The third kappa shape index (κ3) is 1.23. The Morgan fingerprint density at radius 3 is 2.75 bits per heavy atom. The Morgan fingerprint density at radius 2 is 2.33 bits per heavy atom. The summed E-state index contributed by atoms with van der Waals surface area (Å²) in [7, 11) is 1.59. The third-order valence-electron chi connectivity index (χ3n) is 2.27. The van der Waals surface area contributed by atoms with Gasteiger partial charge in [-0.05, 0) is 0 Å². The summed E-state index contributed by atoms with van der Waals surface area (Å²) in [4.78, 5) is 0. The Bertz CT molecular complexity index is 186. The van der Waals surface area contributed by atoms with Gasteiger partial charge in [-0.15, -0.1) is 0 Å². The highest BCUT2D eigenvalue weighted by atomic mass is 16.8. The number of nitrogens with zero attached hydrogens (tertiary/aromatic N) is 1. The van der Waals surface area contributed by atoms with Crippen molar-refractivity contribution >= 4 is 0 Å². The van der Waals surface area contributed by atoms with Crippen molar-refractivity contribution in [2.45, 2.75) is 11.9 Å². The van der Waals surface area contributed by atoms with E-state index in [1.54, 1.807) is 7.05 Å². The lowest BCUT2D eigenvalue weighted by Gasteiger charge is -2.54. The molecule has 5 nitrogen and oxygen atoms in total. The van der Waals surface area contributed by atoms with Crippen LogP contribution in [0.15, 0.2) is 0 Å². The van der Waals surface area contributed by atoms with Crippen LogP contribution in [-0.4, -0.2) is 55.0 Å². The minimum atomic E-state index is -0.677. The summed E-state index contributed by atoms with van der Waals surface area (Å²) in [5.41, 5.74) is 0. The van der Waals surface area contributed by atoms with Gasteiger partial charge < -0.3 is 24.4 Å². The molecule has 2 aliphatic rings. The molecule has 0 aromatic heterocycles. The van der Waals surface area contributed by atoms with Crippen molar-refractivity contribution in [1.29, 1.82) is 0 Å². The van der Waals surface area contributed by atoms with E-state index in [2.05, 4.69) is 0 Å². The lowest BCUT2D eigenvalue weighted by Crippen LogP contribution is -2.69. The van der Waals surface area contributed by atoms with Gasteiger partial charge in [0.15, 0.2) is 0 Å². The highest BCUT2D eigenvalue weighted by molar-refractivity contribution is 4.85. The monoisotopic (exact) mass is 175 g/mol. The van der Waals surface area contributed by atoms with Crippen LogP contribution >= 0.6 is 0 Å². The molecule has 2 heterocycles. The molecular weight excluding hydrogens is 162 g/mol. The predicted molar refractivity (Wildman–Crippen MR) is 39.9 cm³/mol. The Balaban J connectivity index is 1.92. The van der Waals surface area contributed by atoms with Crippen LogP contribution in [-0.2, 0) is 9.47 Å². The summed E-state index contributed by atoms with van der Waals surface area (Å²) < 4.78 is 10.4. The molecule has 0 aromatic carbocycles. The molecule has 2 saturated heterocycles. The molecule has 5 heteroatoms. The number of likely N-dealkylation sites (N-methyl/N-ethyl adjacent to an activating group) is 1. The zero-order valence-corrected chi connectivity index (χ0v) is 7.02. The van der Waals surface area contributed by atoms with Crippen LogP contribution in [0.5, 0.6) is 0 Å². The number of hydrogen-bond donors (Lipinski definition) is 1. The molecule has 2 rings (SSSR count). The molecule has 1 unspecified atom stereocenters. The highest BCUT2D eigenvalue weighted by Gasteiger charge is 2.57. The van der Waals surface area contributed by atoms with Crippen molar-refractivity contribution in [2.75, 3.05) is 33.4 Å². The maximum atomic E-state index is 11.2. The quantitative estimate of drug-likeness (QED) is 0.412. The minimum absolute atomic E-state index is 0.0374. The van der Waals surface area contributed by atoms with E-state index in [9.17, 15) is 5.21 Å². The van der Waals surface area contributed by atoms with Gasteiger partial charge in [0.2, 0.25) is 0 Å². The van der Waals surface area contributed by atoms with E-state index >= 15 is 0 Å². The van der Waals surface area contributed by atoms with Gasteiger partial charge in [0.1, 0.15) is 19.2 Å². The summed E-state index contributed by atoms with van der Waals surface area (Å²) in [5, 5.41) is 20.0. The zero-order valence-electron chi connectivity index (χ0n) is 7.02. The molecule has 0 aromatic rings. The van der Waals surface area contributed by atoms with Crippen LogP contribution in [0.25, 0.3) is 0 Å². The maximum absolute atomic E-state index is 11.2. The summed E-state index contributed by atoms with van der Waals surface area (Å²) in [5.74, 6) is -0.677. The van der Waals surface area contributed by atoms with Crippen molar-refractivity contribution in [2.24, 2.45) is 0 Å². The molecule has 0 saturated carbocycles. The molecule has 0 aliphatic carbocycles. The Kier molecular flexibility index (Phi) is 1.68. The van der Waals surface area contributed by atoms with E-state index in [1.165, 1.54) is 0 Å². The summed E-state index contributed by atoms with van der Waals surface area (Å²) in [6, 6.07) is 0. The van der Waals surface area contributed by atoms with E-state index in [1.807, 2.05) is 0 Å². The molecule has 2 fully saturated rings. The van der Waals surface area contributed by atoms with Crippen LogP contribution in [0.3, 0.4) is 0 Å². The first-order valence-electron chi connectivity index (χ1n) is 4.03. The number of ether oxygens (including phenoxy) is 2. The van der Waals surface area contributed by atoms with Crippen LogP contribution < -0.4 is 0 Å². The van der Waals surface area contributed by atoms with Crippen LogP contribution in [0.1, 0.15) is 0 Å².